The molecule has 0 atom stereocenters. The molecule has 0 unspecified atom stereocenters. The molecule has 2 N–H and O–H groups in total. The molecule has 0 spiro atoms. The first kappa shape index (κ1) is 24.5. The summed E-state index contributed by atoms with van der Waals surface area (Å²) in [7, 11) is -3.23. The van der Waals surface area contributed by atoms with E-state index in [1.807, 2.05) is 11.6 Å². The van der Waals surface area contributed by atoms with Gasteiger partial charge >= 0.3 is 0 Å². The number of hydrogen-bond acceptors (Lipinski definition) is 7. The van der Waals surface area contributed by atoms with Crippen molar-refractivity contribution < 1.29 is 17.9 Å². The van der Waals surface area contributed by atoms with Crippen LogP contribution in [0.1, 0.15) is 68.6 Å². The van der Waals surface area contributed by atoms with Crippen molar-refractivity contribution in [3.8, 4) is 0 Å². The molecule has 2 aliphatic heterocycles. The number of ether oxygens (including phenoxy) is 1. The molecule has 10 nitrogen and oxygen atoms in total. The summed E-state index contributed by atoms with van der Waals surface area (Å²) < 4.78 is 34.8. The number of sulfonamides is 1. The lowest BCUT2D eigenvalue weighted by Crippen LogP contribution is -2.48. The first-order chi connectivity index (χ1) is 17.0. The summed E-state index contributed by atoms with van der Waals surface area (Å²) in [6.45, 7) is 5.02. The van der Waals surface area contributed by atoms with Gasteiger partial charge in [0, 0.05) is 51.1 Å². The molecule has 2 saturated heterocycles. The molecule has 5 rings (SSSR count). The Morgan fingerprint density at radius 3 is 2.46 bits per heavy atom. The first-order valence-electron chi connectivity index (χ1n) is 13.0. The number of fused-ring (bicyclic) bond motifs is 1. The molecule has 3 aliphatic rings. The van der Waals surface area contributed by atoms with Crippen LogP contribution in [-0.2, 0) is 21.3 Å². The van der Waals surface area contributed by atoms with Crippen molar-refractivity contribution in [1.82, 2.24) is 24.4 Å². The van der Waals surface area contributed by atoms with Gasteiger partial charge in [-0.05, 0) is 45.4 Å². The maximum atomic E-state index is 13.4. The Hall–Kier alpha value is -2.24. The van der Waals surface area contributed by atoms with Crippen molar-refractivity contribution in [3.63, 3.8) is 0 Å². The van der Waals surface area contributed by atoms with Gasteiger partial charge in [0.15, 0.2) is 5.65 Å². The van der Waals surface area contributed by atoms with E-state index in [0.29, 0.717) is 51.3 Å². The lowest BCUT2D eigenvalue weighted by atomic mass is 10.0. The van der Waals surface area contributed by atoms with Crippen LogP contribution < -0.4 is 10.6 Å². The van der Waals surface area contributed by atoms with Crippen molar-refractivity contribution in [2.45, 2.75) is 82.2 Å². The number of aromatic nitrogens is 3. The van der Waals surface area contributed by atoms with E-state index in [-0.39, 0.29) is 23.2 Å². The molecule has 1 aliphatic carbocycles. The monoisotopic (exact) mass is 504 g/mol. The lowest BCUT2D eigenvalue weighted by Gasteiger charge is -2.33. The van der Waals surface area contributed by atoms with Crippen molar-refractivity contribution in [2.75, 3.05) is 31.6 Å². The number of rotatable bonds is 7. The van der Waals surface area contributed by atoms with Crippen LogP contribution in [0.5, 0.6) is 0 Å². The topological polar surface area (TPSA) is 118 Å². The molecule has 2 aromatic heterocycles. The van der Waals surface area contributed by atoms with Crippen LogP contribution in [0.2, 0.25) is 0 Å². The van der Waals surface area contributed by atoms with Crippen LogP contribution in [0.15, 0.2) is 12.4 Å². The molecule has 2 aromatic rings. The molecule has 0 radical (unpaired) electrons. The number of nitrogens with one attached hydrogen (secondary N) is 2. The van der Waals surface area contributed by atoms with E-state index < -0.39 is 10.0 Å². The molecule has 1 amide bonds. The largest absolute Gasteiger partial charge is 0.381 e. The van der Waals surface area contributed by atoms with Crippen LogP contribution in [-0.4, -0.2) is 77.0 Å². The summed E-state index contributed by atoms with van der Waals surface area (Å²) in [4.78, 5) is 18.0. The second-order valence-corrected chi connectivity index (χ2v) is 12.1. The van der Waals surface area contributed by atoms with E-state index in [2.05, 4.69) is 20.7 Å². The van der Waals surface area contributed by atoms with Crippen LogP contribution >= 0.6 is 0 Å². The van der Waals surface area contributed by atoms with Gasteiger partial charge in [0.25, 0.3) is 5.91 Å². The highest BCUT2D eigenvalue weighted by Crippen LogP contribution is 2.30. The van der Waals surface area contributed by atoms with Gasteiger partial charge in [-0.1, -0.05) is 12.8 Å². The average Bonchev–Trinajstić information content (AvgIpc) is 3.56. The molecule has 3 fully saturated rings. The fraction of sp³-hybridized carbons (Fsp3) is 0.708. The average molecular weight is 505 g/mol. The van der Waals surface area contributed by atoms with Gasteiger partial charge in [-0.15, -0.1) is 0 Å². The van der Waals surface area contributed by atoms with Crippen LogP contribution in [0.4, 0.5) is 5.69 Å². The smallest absolute Gasteiger partial charge is 0.255 e. The van der Waals surface area contributed by atoms with Crippen LogP contribution in [0.3, 0.4) is 0 Å². The molecule has 0 bridgehead atoms. The Morgan fingerprint density at radius 1 is 1.06 bits per heavy atom. The second kappa shape index (κ2) is 10.4. The van der Waals surface area contributed by atoms with Gasteiger partial charge in [0.05, 0.1) is 28.1 Å². The number of piperidine rings is 1. The number of nitrogens with zero attached hydrogens (tertiary/aromatic N) is 4. The summed E-state index contributed by atoms with van der Waals surface area (Å²) in [6, 6.07) is 0.150. The molecule has 0 aromatic carbocycles. The zero-order valence-electron chi connectivity index (χ0n) is 20.4. The van der Waals surface area contributed by atoms with E-state index in [1.54, 1.807) is 16.7 Å². The van der Waals surface area contributed by atoms with Crippen molar-refractivity contribution >= 4 is 32.7 Å². The molecule has 35 heavy (non-hydrogen) atoms. The predicted octanol–water partition coefficient (Wildman–Crippen LogP) is 2.51. The summed E-state index contributed by atoms with van der Waals surface area (Å²) in [5.41, 5.74) is 2.02. The molecule has 11 heteroatoms. The maximum absolute atomic E-state index is 13.4. The van der Waals surface area contributed by atoms with E-state index in [4.69, 9.17) is 4.74 Å². The number of carbonyl (C=O) groups is 1. The minimum Gasteiger partial charge on any atom is -0.381 e. The fourth-order valence-corrected chi connectivity index (χ4v) is 7.62. The van der Waals surface area contributed by atoms with Gasteiger partial charge < -0.3 is 15.4 Å². The third-order valence-corrected chi connectivity index (χ3v) is 10.1. The molecule has 192 valence electrons. The summed E-state index contributed by atoms with van der Waals surface area (Å²) >= 11 is 0. The Kier molecular flexibility index (Phi) is 7.26. The maximum Gasteiger partial charge on any atom is 0.255 e. The van der Waals surface area contributed by atoms with E-state index >= 15 is 0 Å². The Morgan fingerprint density at radius 2 is 1.77 bits per heavy atom. The predicted molar refractivity (Wildman–Crippen MR) is 134 cm³/mol. The van der Waals surface area contributed by atoms with Gasteiger partial charge in [0.2, 0.25) is 10.0 Å². The Bertz CT molecular complexity index is 1150. The SMILES string of the molecule is CCn1ncc2c(NC3CCOCC3)c(C(=O)NC3CCN(S(=O)(=O)C4CCCC4)CC3)cnc21. The minimum atomic E-state index is -3.23. The number of pyridine rings is 1. The molecule has 1 saturated carbocycles. The van der Waals surface area contributed by atoms with E-state index in [1.165, 1.54) is 0 Å². The lowest BCUT2D eigenvalue weighted by molar-refractivity contribution is 0.0902. The Labute approximate surface area is 206 Å². The Balaban J connectivity index is 1.30. The van der Waals surface area contributed by atoms with Crippen LogP contribution in [0.25, 0.3) is 11.0 Å². The first-order valence-corrected chi connectivity index (χ1v) is 14.5. The highest BCUT2D eigenvalue weighted by atomic mass is 32.2. The molecular weight excluding hydrogens is 468 g/mol. The highest BCUT2D eigenvalue weighted by Gasteiger charge is 2.36. The van der Waals surface area contributed by atoms with Gasteiger partial charge in [-0.2, -0.15) is 5.10 Å². The number of anilines is 1. The summed E-state index contributed by atoms with van der Waals surface area (Å²) in [5.74, 6) is -0.185. The zero-order valence-corrected chi connectivity index (χ0v) is 21.2. The summed E-state index contributed by atoms with van der Waals surface area (Å²) in [6.07, 6.45) is 9.92. The van der Waals surface area contributed by atoms with Gasteiger partial charge in [-0.25, -0.2) is 22.4 Å². The fourth-order valence-electron chi connectivity index (χ4n) is 5.55. The minimum absolute atomic E-state index is 0.0671. The highest BCUT2D eigenvalue weighted by molar-refractivity contribution is 7.89. The number of aryl methyl sites for hydroxylation is 1. The van der Waals surface area contributed by atoms with E-state index in [0.717, 1.165) is 55.2 Å². The second-order valence-electron chi connectivity index (χ2n) is 9.87. The molecular formula is C24H36N6O4S. The van der Waals surface area contributed by atoms with Gasteiger partial charge in [0.1, 0.15) is 0 Å². The standard InChI is InChI=1S/C24H36N6O4S/c1-2-30-23-20(16-26-30)22(27-18-9-13-34-14-10-18)21(15-25-23)24(31)28-17-7-11-29(12-8-17)35(32,33)19-5-3-4-6-19/h15-19H,2-14H2,1H3,(H,25,27)(H,28,31). The van der Waals surface area contributed by atoms with Gasteiger partial charge in [-0.3, -0.25) is 4.79 Å². The number of hydrogen-bond donors (Lipinski definition) is 2. The zero-order chi connectivity index (χ0) is 24.4. The van der Waals surface area contributed by atoms with Crippen LogP contribution in [0, 0.1) is 0 Å². The normalized spacial score (nSPS) is 21.5. The third kappa shape index (κ3) is 5.03. The van der Waals surface area contributed by atoms with Crippen molar-refractivity contribution in [1.29, 1.82) is 0 Å². The van der Waals surface area contributed by atoms with E-state index in [9.17, 15) is 13.2 Å². The molecule has 4 heterocycles. The van der Waals surface area contributed by atoms with Crippen molar-refractivity contribution in [3.05, 3.63) is 18.0 Å². The summed E-state index contributed by atoms with van der Waals surface area (Å²) in [5, 5.41) is 11.8. The number of amides is 1. The quantitative estimate of drug-likeness (QED) is 0.595. The van der Waals surface area contributed by atoms with Crippen molar-refractivity contribution in [2.24, 2.45) is 0 Å². The third-order valence-electron chi connectivity index (χ3n) is 7.65. The number of carbonyl (C=O) groups excluding carboxylic acids is 1.